The quantitative estimate of drug-likeness (QED) is 0.580. The van der Waals surface area contributed by atoms with Crippen molar-refractivity contribution in [1.29, 1.82) is 0 Å². The van der Waals surface area contributed by atoms with E-state index in [-0.39, 0.29) is 24.2 Å². The molecule has 0 aliphatic heterocycles. The Morgan fingerprint density at radius 2 is 1.71 bits per heavy atom. The van der Waals surface area contributed by atoms with Crippen LogP contribution in [0.5, 0.6) is 11.5 Å². The molecule has 1 aromatic carbocycles. The van der Waals surface area contributed by atoms with Gasteiger partial charge in [-0.15, -0.1) is 0 Å². The smallest absolute Gasteiger partial charge is 0.407 e. The summed E-state index contributed by atoms with van der Waals surface area (Å²) in [5.74, 6) is -0.410. The van der Waals surface area contributed by atoms with Crippen molar-refractivity contribution in [2.45, 2.75) is 46.8 Å². The lowest BCUT2D eigenvalue weighted by molar-refractivity contribution is -0.124. The molecule has 156 valence electrons. The van der Waals surface area contributed by atoms with Crippen molar-refractivity contribution in [3.05, 3.63) is 23.8 Å². The highest BCUT2D eigenvalue weighted by molar-refractivity contribution is 5.96. The van der Waals surface area contributed by atoms with E-state index in [0.29, 0.717) is 11.5 Å². The molecule has 9 nitrogen and oxygen atoms in total. The first-order chi connectivity index (χ1) is 13.2. The molecule has 0 aliphatic carbocycles. The zero-order valence-electron chi connectivity index (χ0n) is 17.1. The first kappa shape index (κ1) is 23.1. The van der Waals surface area contributed by atoms with Crippen LogP contribution in [-0.2, 0) is 9.53 Å². The Morgan fingerprint density at radius 3 is 2.25 bits per heavy atom. The van der Waals surface area contributed by atoms with Crippen molar-refractivity contribution < 1.29 is 28.6 Å². The molecule has 3 N–H and O–H groups in total. The SMILES string of the molecule is CCOC(=O)NC(C(=O)NNC(=O)c1ccc(OC(C)C)c(OC)c1)C(C)C. The van der Waals surface area contributed by atoms with Crippen LogP contribution in [0.3, 0.4) is 0 Å². The van der Waals surface area contributed by atoms with Gasteiger partial charge in [-0.3, -0.25) is 20.4 Å². The Morgan fingerprint density at radius 1 is 1.04 bits per heavy atom. The number of alkyl carbamates (subject to hydrolysis) is 1. The van der Waals surface area contributed by atoms with Gasteiger partial charge in [-0.05, 0) is 44.9 Å². The normalized spacial score (nSPS) is 11.6. The molecule has 1 rings (SSSR count). The highest BCUT2D eigenvalue weighted by Crippen LogP contribution is 2.28. The predicted octanol–water partition coefficient (Wildman–Crippen LogP) is 2.01. The maximum atomic E-state index is 12.3. The summed E-state index contributed by atoms with van der Waals surface area (Å²) >= 11 is 0. The highest BCUT2D eigenvalue weighted by Gasteiger charge is 2.25. The molecule has 0 fully saturated rings. The van der Waals surface area contributed by atoms with E-state index in [4.69, 9.17) is 14.2 Å². The van der Waals surface area contributed by atoms with Crippen LogP contribution in [0.15, 0.2) is 18.2 Å². The van der Waals surface area contributed by atoms with Crippen LogP contribution in [-0.4, -0.2) is 43.8 Å². The molecule has 0 saturated heterocycles. The third kappa shape index (κ3) is 6.98. The minimum atomic E-state index is -0.865. The Kier molecular flexibility index (Phi) is 9.07. The van der Waals surface area contributed by atoms with Gasteiger partial charge >= 0.3 is 6.09 Å². The van der Waals surface area contributed by atoms with E-state index >= 15 is 0 Å². The van der Waals surface area contributed by atoms with Gasteiger partial charge in [0.15, 0.2) is 11.5 Å². The Balaban J connectivity index is 2.76. The van der Waals surface area contributed by atoms with Crippen molar-refractivity contribution in [2.75, 3.05) is 13.7 Å². The van der Waals surface area contributed by atoms with Crippen molar-refractivity contribution in [1.82, 2.24) is 16.2 Å². The average molecular weight is 395 g/mol. The number of amides is 3. The van der Waals surface area contributed by atoms with Gasteiger partial charge in [0.1, 0.15) is 6.04 Å². The molecule has 1 atom stereocenters. The van der Waals surface area contributed by atoms with Gasteiger partial charge in [0.25, 0.3) is 11.8 Å². The predicted molar refractivity (Wildman–Crippen MR) is 103 cm³/mol. The summed E-state index contributed by atoms with van der Waals surface area (Å²) in [5.41, 5.74) is 4.91. The Hall–Kier alpha value is -2.97. The largest absolute Gasteiger partial charge is 0.493 e. The maximum absolute atomic E-state index is 12.3. The van der Waals surface area contributed by atoms with Gasteiger partial charge in [0.2, 0.25) is 0 Å². The van der Waals surface area contributed by atoms with Crippen LogP contribution in [0, 0.1) is 5.92 Å². The number of benzene rings is 1. The molecule has 3 amide bonds. The summed E-state index contributed by atoms with van der Waals surface area (Å²) in [4.78, 5) is 36.2. The zero-order chi connectivity index (χ0) is 21.3. The van der Waals surface area contributed by atoms with Crippen molar-refractivity contribution in [3.63, 3.8) is 0 Å². The summed E-state index contributed by atoms with van der Waals surface area (Å²) in [6.45, 7) is 9.13. The van der Waals surface area contributed by atoms with Gasteiger partial charge in [0, 0.05) is 5.56 Å². The third-order valence-electron chi connectivity index (χ3n) is 3.59. The second-order valence-corrected chi connectivity index (χ2v) is 6.56. The van der Waals surface area contributed by atoms with Crippen LogP contribution in [0.25, 0.3) is 0 Å². The van der Waals surface area contributed by atoms with Gasteiger partial charge in [-0.1, -0.05) is 13.8 Å². The average Bonchev–Trinajstić information content (AvgIpc) is 2.63. The third-order valence-corrected chi connectivity index (χ3v) is 3.59. The van der Waals surface area contributed by atoms with Crippen LogP contribution in [0.2, 0.25) is 0 Å². The standard InChI is InChI=1S/C19H29N3O6/c1-7-27-19(25)20-16(11(2)3)18(24)22-21-17(23)13-8-9-14(28-12(4)5)15(10-13)26-6/h8-12,16H,7H2,1-6H3,(H,20,25)(H,21,23)(H,22,24). The summed E-state index contributed by atoms with van der Waals surface area (Å²) in [6, 6.07) is 3.82. The molecular formula is C19H29N3O6. The minimum absolute atomic E-state index is 0.0484. The second kappa shape index (κ2) is 11.0. The van der Waals surface area contributed by atoms with E-state index in [1.807, 2.05) is 13.8 Å². The van der Waals surface area contributed by atoms with Crippen molar-refractivity contribution in [3.8, 4) is 11.5 Å². The molecule has 9 heteroatoms. The minimum Gasteiger partial charge on any atom is -0.493 e. The molecule has 28 heavy (non-hydrogen) atoms. The lowest BCUT2D eigenvalue weighted by Crippen LogP contribution is -2.54. The number of hydrogen-bond acceptors (Lipinski definition) is 6. The first-order valence-electron chi connectivity index (χ1n) is 9.07. The van der Waals surface area contributed by atoms with E-state index in [0.717, 1.165) is 0 Å². The van der Waals surface area contributed by atoms with Crippen LogP contribution < -0.4 is 25.6 Å². The second-order valence-electron chi connectivity index (χ2n) is 6.56. The van der Waals surface area contributed by atoms with Crippen molar-refractivity contribution >= 4 is 17.9 Å². The van der Waals surface area contributed by atoms with Gasteiger partial charge < -0.3 is 19.5 Å². The number of carbonyl (C=O) groups is 3. The highest BCUT2D eigenvalue weighted by atomic mass is 16.5. The molecule has 1 aromatic rings. The number of hydrogen-bond donors (Lipinski definition) is 3. The molecular weight excluding hydrogens is 366 g/mol. The molecule has 0 aliphatic rings. The molecule has 1 unspecified atom stereocenters. The number of ether oxygens (including phenoxy) is 3. The number of nitrogens with one attached hydrogen (secondary N) is 3. The molecule has 0 saturated carbocycles. The van der Waals surface area contributed by atoms with Crippen molar-refractivity contribution in [2.24, 2.45) is 5.92 Å². The van der Waals surface area contributed by atoms with Gasteiger partial charge in [0.05, 0.1) is 19.8 Å². The maximum Gasteiger partial charge on any atom is 0.407 e. The number of rotatable bonds is 8. The summed E-state index contributed by atoms with van der Waals surface area (Å²) < 4.78 is 15.6. The van der Waals surface area contributed by atoms with Gasteiger partial charge in [-0.2, -0.15) is 0 Å². The lowest BCUT2D eigenvalue weighted by atomic mass is 10.0. The summed E-state index contributed by atoms with van der Waals surface area (Å²) in [6.07, 6.45) is -0.749. The van der Waals surface area contributed by atoms with E-state index in [1.54, 1.807) is 32.9 Å². The molecule has 0 aromatic heterocycles. The number of hydrazine groups is 1. The Bertz CT molecular complexity index is 690. The molecule has 0 heterocycles. The molecule has 0 radical (unpaired) electrons. The fraction of sp³-hybridized carbons (Fsp3) is 0.526. The first-order valence-corrected chi connectivity index (χ1v) is 9.07. The van der Waals surface area contributed by atoms with E-state index in [2.05, 4.69) is 16.2 Å². The van der Waals surface area contributed by atoms with E-state index in [1.165, 1.54) is 13.2 Å². The lowest BCUT2D eigenvalue weighted by Gasteiger charge is -2.21. The van der Waals surface area contributed by atoms with E-state index in [9.17, 15) is 14.4 Å². The summed E-state index contributed by atoms with van der Waals surface area (Å²) in [7, 11) is 1.47. The fourth-order valence-electron chi connectivity index (χ4n) is 2.26. The van der Waals surface area contributed by atoms with Crippen LogP contribution in [0.1, 0.15) is 45.0 Å². The topological polar surface area (TPSA) is 115 Å². The Labute approximate surface area is 165 Å². The van der Waals surface area contributed by atoms with Crippen LogP contribution in [0.4, 0.5) is 4.79 Å². The summed E-state index contributed by atoms with van der Waals surface area (Å²) in [5, 5.41) is 2.46. The zero-order valence-corrected chi connectivity index (χ0v) is 17.1. The van der Waals surface area contributed by atoms with E-state index < -0.39 is 23.9 Å². The van der Waals surface area contributed by atoms with Crippen LogP contribution >= 0.6 is 0 Å². The number of methoxy groups -OCH3 is 1. The monoisotopic (exact) mass is 395 g/mol. The number of carbonyl (C=O) groups excluding carboxylic acids is 3. The fourth-order valence-corrected chi connectivity index (χ4v) is 2.26. The molecule has 0 spiro atoms. The molecule has 0 bridgehead atoms. The van der Waals surface area contributed by atoms with Gasteiger partial charge in [-0.25, -0.2) is 4.79 Å².